The highest BCUT2D eigenvalue weighted by atomic mass is 32.2. The molecule has 0 unspecified atom stereocenters. The van der Waals surface area contributed by atoms with Crippen LogP contribution in [0.15, 0.2) is 35.7 Å². The Hall–Kier alpha value is -0.730. The van der Waals surface area contributed by atoms with Gasteiger partial charge < -0.3 is 0 Å². The quantitative estimate of drug-likeness (QED) is 0.589. The molecule has 2 rings (SSSR count). The van der Waals surface area contributed by atoms with Gasteiger partial charge in [0.05, 0.1) is 0 Å². The second-order valence-electron chi connectivity index (χ2n) is 2.52. The van der Waals surface area contributed by atoms with E-state index in [4.69, 9.17) is 0 Å². The number of hydrogen-bond donors (Lipinski definition) is 1. The van der Waals surface area contributed by atoms with Crippen LogP contribution in [0.1, 0.15) is 5.56 Å². The normalized spacial score (nSPS) is 16.2. The van der Waals surface area contributed by atoms with Gasteiger partial charge in [-0.25, -0.2) is 0 Å². The minimum absolute atomic E-state index is 0.891. The molecule has 0 saturated carbocycles. The summed E-state index contributed by atoms with van der Waals surface area (Å²) in [6.45, 7) is 4.87. The van der Waals surface area contributed by atoms with Crippen LogP contribution in [0.4, 0.5) is 0 Å². The fourth-order valence-electron chi connectivity index (χ4n) is 1.14. The molecule has 0 aromatic heterocycles. The third kappa shape index (κ3) is 1.19. The van der Waals surface area contributed by atoms with Crippen LogP contribution in [0.2, 0.25) is 0 Å². The number of benzene rings is 1. The number of fused-ring (bicyclic) bond motifs is 1. The number of nitrogens with one attached hydrogen (secondary N) is 1. The second kappa shape index (κ2) is 2.72. The van der Waals surface area contributed by atoms with Crippen LogP contribution in [0.5, 0.6) is 0 Å². The van der Waals surface area contributed by atoms with Crippen molar-refractivity contribution in [2.24, 2.45) is 0 Å². The lowest BCUT2D eigenvalue weighted by molar-refractivity contribution is 1.10. The summed E-state index contributed by atoms with van der Waals surface area (Å²) >= 11 is 1.68. The Balaban J connectivity index is 2.52. The van der Waals surface area contributed by atoms with E-state index < -0.39 is 0 Å². The molecule has 0 fully saturated rings. The summed E-state index contributed by atoms with van der Waals surface area (Å²) in [5.41, 5.74) is 2.47. The predicted molar refractivity (Wildman–Crippen MR) is 49.3 cm³/mol. The lowest BCUT2D eigenvalue weighted by Gasteiger charge is -2.17. The molecule has 2 heteroatoms. The lowest BCUT2D eigenvalue weighted by Crippen LogP contribution is -2.12. The van der Waals surface area contributed by atoms with Crippen LogP contribution in [-0.4, -0.2) is 6.54 Å². The number of rotatable bonds is 0. The summed E-state index contributed by atoms with van der Waals surface area (Å²) in [4.78, 5) is 1.28. The van der Waals surface area contributed by atoms with E-state index in [9.17, 15) is 0 Å². The molecule has 0 bridgehead atoms. The van der Waals surface area contributed by atoms with Crippen LogP contribution < -0.4 is 4.72 Å². The van der Waals surface area contributed by atoms with E-state index in [2.05, 4.69) is 29.5 Å². The maximum absolute atomic E-state index is 3.98. The van der Waals surface area contributed by atoms with Gasteiger partial charge >= 0.3 is 0 Å². The van der Waals surface area contributed by atoms with E-state index in [0.29, 0.717) is 0 Å². The van der Waals surface area contributed by atoms with E-state index in [1.54, 1.807) is 11.9 Å². The zero-order valence-electron chi connectivity index (χ0n) is 6.13. The second-order valence-corrected chi connectivity index (χ2v) is 3.46. The van der Waals surface area contributed by atoms with Crippen molar-refractivity contribution in [1.29, 1.82) is 0 Å². The first-order chi connectivity index (χ1) is 5.38. The van der Waals surface area contributed by atoms with Gasteiger partial charge in [-0.1, -0.05) is 24.8 Å². The molecule has 56 valence electrons. The Morgan fingerprint density at radius 2 is 2.18 bits per heavy atom. The highest BCUT2D eigenvalue weighted by molar-refractivity contribution is 7.97. The van der Waals surface area contributed by atoms with Gasteiger partial charge in [0.1, 0.15) is 0 Å². The van der Waals surface area contributed by atoms with Crippen molar-refractivity contribution in [3.8, 4) is 0 Å². The summed E-state index contributed by atoms with van der Waals surface area (Å²) in [7, 11) is 0. The van der Waals surface area contributed by atoms with Gasteiger partial charge in [-0.2, -0.15) is 0 Å². The molecule has 0 spiro atoms. The molecule has 0 amide bonds. The fourth-order valence-corrected chi connectivity index (χ4v) is 2.01. The Morgan fingerprint density at radius 3 is 3.00 bits per heavy atom. The third-order valence-corrected chi connectivity index (χ3v) is 2.60. The standard InChI is InChI=1S/C9H9NS/c1-7-6-10-11-9-5-3-2-4-8(7)9/h2-5,10H,1,6H2. The zero-order valence-corrected chi connectivity index (χ0v) is 6.95. The molecule has 1 N–H and O–H groups in total. The van der Waals surface area contributed by atoms with Gasteiger partial charge in [0.15, 0.2) is 0 Å². The molecule has 0 saturated heterocycles. The highest BCUT2D eigenvalue weighted by Crippen LogP contribution is 2.29. The first-order valence-corrected chi connectivity index (χ1v) is 4.36. The Morgan fingerprint density at radius 1 is 1.36 bits per heavy atom. The van der Waals surface area contributed by atoms with Crippen LogP contribution in [-0.2, 0) is 0 Å². The van der Waals surface area contributed by atoms with Crippen LogP contribution >= 0.6 is 11.9 Å². The molecule has 1 aliphatic rings. The van der Waals surface area contributed by atoms with Gasteiger partial charge in [-0.15, -0.1) is 0 Å². The van der Waals surface area contributed by atoms with Crippen molar-refractivity contribution >= 4 is 17.5 Å². The van der Waals surface area contributed by atoms with Crippen molar-refractivity contribution in [3.05, 3.63) is 36.4 Å². The van der Waals surface area contributed by atoms with Crippen LogP contribution in [0.3, 0.4) is 0 Å². The summed E-state index contributed by atoms with van der Waals surface area (Å²) in [5, 5.41) is 0. The molecule has 0 atom stereocenters. The maximum Gasteiger partial charge on any atom is 0.0313 e. The first-order valence-electron chi connectivity index (χ1n) is 3.55. The van der Waals surface area contributed by atoms with Gasteiger partial charge in [-0.3, -0.25) is 4.72 Å². The van der Waals surface area contributed by atoms with E-state index >= 15 is 0 Å². The topological polar surface area (TPSA) is 12.0 Å². The largest absolute Gasteiger partial charge is 0.255 e. The smallest absolute Gasteiger partial charge is 0.0313 e. The Kier molecular flexibility index (Phi) is 1.72. The summed E-state index contributed by atoms with van der Waals surface area (Å²) in [5.74, 6) is 0. The maximum atomic E-state index is 3.98. The monoisotopic (exact) mass is 163 g/mol. The molecule has 1 aliphatic heterocycles. The van der Waals surface area contributed by atoms with Gasteiger partial charge in [0.2, 0.25) is 0 Å². The molecule has 1 nitrogen and oxygen atoms in total. The van der Waals surface area contributed by atoms with Gasteiger partial charge in [0.25, 0.3) is 0 Å². The van der Waals surface area contributed by atoms with E-state index in [0.717, 1.165) is 6.54 Å². The summed E-state index contributed by atoms with van der Waals surface area (Å²) in [6.07, 6.45) is 0. The van der Waals surface area contributed by atoms with Crippen molar-refractivity contribution in [1.82, 2.24) is 4.72 Å². The fraction of sp³-hybridized carbons (Fsp3) is 0.111. The van der Waals surface area contributed by atoms with E-state index in [1.165, 1.54) is 16.0 Å². The molecule has 11 heavy (non-hydrogen) atoms. The summed E-state index contributed by atoms with van der Waals surface area (Å²) in [6, 6.07) is 8.32. The average molecular weight is 163 g/mol. The minimum Gasteiger partial charge on any atom is -0.255 e. The molecule has 0 aliphatic carbocycles. The van der Waals surface area contributed by atoms with Crippen LogP contribution in [0, 0.1) is 0 Å². The lowest BCUT2D eigenvalue weighted by atomic mass is 10.1. The van der Waals surface area contributed by atoms with Crippen LogP contribution in [0.25, 0.3) is 5.57 Å². The Labute approximate surface area is 70.6 Å². The molecular weight excluding hydrogens is 154 g/mol. The highest BCUT2D eigenvalue weighted by Gasteiger charge is 2.10. The average Bonchev–Trinajstić information content (AvgIpc) is 2.06. The molecule has 1 heterocycles. The van der Waals surface area contributed by atoms with Crippen molar-refractivity contribution < 1.29 is 0 Å². The predicted octanol–water partition coefficient (Wildman–Crippen LogP) is 2.31. The minimum atomic E-state index is 0.891. The molecular formula is C9H9NS. The molecule has 1 aromatic carbocycles. The molecule has 1 aromatic rings. The summed E-state index contributed by atoms with van der Waals surface area (Å²) < 4.78 is 3.21. The number of hydrogen-bond acceptors (Lipinski definition) is 2. The van der Waals surface area contributed by atoms with E-state index in [1.807, 2.05) is 6.07 Å². The van der Waals surface area contributed by atoms with Crippen molar-refractivity contribution in [2.75, 3.05) is 6.54 Å². The van der Waals surface area contributed by atoms with Crippen molar-refractivity contribution in [2.45, 2.75) is 4.90 Å². The van der Waals surface area contributed by atoms with Crippen molar-refractivity contribution in [3.63, 3.8) is 0 Å². The van der Waals surface area contributed by atoms with E-state index in [-0.39, 0.29) is 0 Å². The van der Waals surface area contributed by atoms with Gasteiger partial charge in [-0.05, 0) is 29.2 Å². The first kappa shape index (κ1) is 6.95. The SMILES string of the molecule is C=C1CNSc2ccccc21. The zero-order chi connectivity index (χ0) is 7.68. The third-order valence-electron chi connectivity index (χ3n) is 1.74. The molecule has 0 radical (unpaired) electrons. The van der Waals surface area contributed by atoms with Gasteiger partial charge in [0, 0.05) is 11.4 Å². The Bertz CT molecular complexity index is 293.